The molecule has 0 saturated carbocycles. The zero-order valence-corrected chi connectivity index (χ0v) is 14.3. The van der Waals surface area contributed by atoms with E-state index in [2.05, 4.69) is 26.2 Å². The molecule has 0 aliphatic carbocycles. The summed E-state index contributed by atoms with van der Waals surface area (Å²) >= 11 is 3.36. The number of hydrogen-bond donors (Lipinski definition) is 1. The van der Waals surface area contributed by atoms with Crippen molar-refractivity contribution in [2.75, 3.05) is 6.54 Å². The second kappa shape index (κ2) is 7.40. The van der Waals surface area contributed by atoms with Crippen LogP contribution in [0.15, 0.2) is 53.1 Å². The molecule has 1 heterocycles. The number of benzene rings is 1. The molecule has 1 aromatic carbocycles. The van der Waals surface area contributed by atoms with Crippen LogP contribution < -0.4 is 5.32 Å². The monoisotopic (exact) mass is 362 g/mol. The van der Waals surface area contributed by atoms with Crippen molar-refractivity contribution in [3.05, 3.63) is 64.4 Å². The first kappa shape index (κ1) is 16.5. The summed E-state index contributed by atoms with van der Waals surface area (Å²) in [6.45, 7) is 4.78. The summed E-state index contributed by atoms with van der Waals surface area (Å²) in [6, 6.07) is 13.5. The summed E-state index contributed by atoms with van der Waals surface area (Å²) in [5.41, 5.74) is 1.61. The zero-order valence-electron chi connectivity index (χ0n) is 12.7. The van der Waals surface area contributed by atoms with Gasteiger partial charge in [-0.05, 0) is 33.6 Å². The van der Waals surface area contributed by atoms with Crippen molar-refractivity contribution < 1.29 is 9.53 Å². The topological polar surface area (TPSA) is 51.2 Å². The van der Waals surface area contributed by atoms with Crippen LogP contribution in [0.2, 0.25) is 0 Å². The van der Waals surface area contributed by atoms with Crippen molar-refractivity contribution in [2.24, 2.45) is 0 Å². The Morgan fingerprint density at radius 3 is 2.59 bits per heavy atom. The standard InChI is InChI=1S/C17H19BrN2O2/c1-17(2,15-9-8-14(18)10-19-15)12-20-16(21)22-11-13-6-4-3-5-7-13/h3-10H,11-12H2,1-2H3,(H,20,21). The summed E-state index contributed by atoms with van der Waals surface area (Å²) in [5.74, 6) is 0. The van der Waals surface area contributed by atoms with Crippen LogP contribution in [0.25, 0.3) is 0 Å². The van der Waals surface area contributed by atoms with Crippen LogP contribution in [-0.4, -0.2) is 17.6 Å². The number of hydrogen-bond acceptors (Lipinski definition) is 3. The van der Waals surface area contributed by atoms with Gasteiger partial charge in [-0.3, -0.25) is 4.98 Å². The Balaban J connectivity index is 1.83. The number of aromatic nitrogens is 1. The van der Waals surface area contributed by atoms with Crippen LogP contribution in [0.3, 0.4) is 0 Å². The highest BCUT2D eigenvalue weighted by Crippen LogP contribution is 2.21. The van der Waals surface area contributed by atoms with Crippen LogP contribution in [0.1, 0.15) is 25.1 Å². The lowest BCUT2D eigenvalue weighted by molar-refractivity contribution is 0.137. The third kappa shape index (κ3) is 4.84. The molecule has 0 saturated heterocycles. The lowest BCUT2D eigenvalue weighted by Crippen LogP contribution is -2.37. The maximum absolute atomic E-state index is 11.8. The Labute approximate surface area is 139 Å². The van der Waals surface area contributed by atoms with E-state index in [0.717, 1.165) is 15.7 Å². The van der Waals surface area contributed by atoms with Gasteiger partial charge in [0.1, 0.15) is 6.61 Å². The van der Waals surface area contributed by atoms with Crippen LogP contribution in [0.4, 0.5) is 4.79 Å². The Kier molecular flexibility index (Phi) is 5.55. The lowest BCUT2D eigenvalue weighted by Gasteiger charge is -2.24. The van der Waals surface area contributed by atoms with Gasteiger partial charge in [0.25, 0.3) is 0 Å². The molecule has 0 bridgehead atoms. The van der Waals surface area contributed by atoms with Gasteiger partial charge in [-0.15, -0.1) is 0 Å². The number of amides is 1. The number of ether oxygens (including phenoxy) is 1. The first-order valence-electron chi connectivity index (χ1n) is 7.04. The van der Waals surface area contributed by atoms with Gasteiger partial charge in [0, 0.05) is 28.3 Å². The Hall–Kier alpha value is -1.88. The van der Waals surface area contributed by atoms with Gasteiger partial charge in [0.2, 0.25) is 0 Å². The molecule has 1 N–H and O–H groups in total. The molecule has 22 heavy (non-hydrogen) atoms. The minimum Gasteiger partial charge on any atom is -0.445 e. The number of pyridine rings is 1. The van der Waals surface area contributed by atoms with E-state index >= 15 is 0 Å². The molecule has 116 valence electrons. The van der Waals surface area contributed by atoms with Crippen molar-refractivity contribution >= 4 is 22.0 Å². The lowest BCUT2D eigenvalue weighted by atomic mass is 9.89. The molecular weight excluding hydrogens is 344 g/mol. The Morgan fingerprint density at radius 1 is 1.23 bits per heavy atom. The van der Waals surface area contributed by atoms with Crippen molar-refractivity contribution in [1.29, 1.82) is 0 Å². The fourth-order valence-corrected chi connectivity index (χ4v) is 2.17. The highest BCUT2D eigenvalue weighted by atomic mass is 79.9. The molecule has 0 unspecified atom stereocenters. The van der Waals surface area contributed by atoms with Crippen molar-refractivity contribution in [1.82, 2.24) is 10.3 Å². The number of alkyl carbamates (subject to hydrolysis) is 1. The summed E-state index contributed by atoms with van der Waals surface area (Å²) in [7, 11) is 0. The van der Waals surface area contributed by atoms with E-state index in [4.69, 9.17) is 4.74 Å². The predicted octanol–water partition coefficient (Wildman–Crippen LogP) is 4.05. The molecule has 2 aromatic rings. The second-order valence-electron chi connectivity index (χ2n) is 5.66. The number of carbonyl (C=O) groups is 1. The molecule has 4 nitrogen and oxygen atoms in total. The van der Waals surface area contributed by atoms with Gasteiger partial charge in [0.15, 0.2) is 0 Å². The smallest absolute Gasteiger partial charge is 0.407 e. The molecule has 0 atom stereocenters. The molecule has 5 heteroatoms. The molecule has 0 fully saturated rings. The largest absolute Gasteiger partial charge is 0.445 e. The minimum atomic E-state index is -0.422. The maximum Gasteiger partial charge on any atom is 0.407 e. The first-order chi connectivity index (χ1) is 10.5. The molecule has 2 rings (SSSR count). The van der Waals surface area contributed by atoms with Crippen molar-refractivity contribution in [3.63, 3.8) is 0 Å². The van der Waals surface area contributed by atoms with E-state index in [1.807, 2.05) is 56.3 Å². The number of nitrogens with one attached hydrogen (secondary N) is 1. The highest BCUT2D eigenvalue weighted by molar-refractivity contribution is 9.10. The third-order valence-electron chi connectivity index (χ3n) is 3.31. The molecule has 0 aliphatic rings. The average Bonchev–Trinajstić information content (AvgIpc) is 2.52. The number of rotatable bonds is 5. The average molecular weight is 363 g/mol. The molecule has 0 aliphatic heterocycles. The summed E-state index contributed by atoms with van der Waals surface area (Å²) in [5, 5.41) is 2.79. The summed E-state index contributed by atoms with van der Waals surface area (Å²) in [6.07, 6.45) is 1.33. The summed E-state index contributed by atoms with van der Waals surface area (Å²) in [4.78, 5) is 16.2. The summed E-state index contributed by atoms with van der Waals surface area (Å²) < 4.78 is 6.13. The zero-order chi connectivity index (χ0) is 16.0. The van der Waals surface area contributed by atoms with Gasteiger partial charge in [-0.1, -0.05) is 44.2 Å². The number of halogens is 1. The van der Waals surface area contributed by atoms with Crippen molar-refractivity contribution in [2.45, 2.75) is 25.9 Å². The fraction of sp³-hybridized carbons (Fsp3) is 0.294. The SMILES string of the molecule is CC(C)(CNC(=O)OCc1ccccc1)c1ccc(Br)cn1. The van der Waals surface area contributed by atoms with Gasteiger partial charge >= 0.3 is 6.09 Å². The van der Waals surface area contributed by atoms with Crippen LogP contribution in [-0.2, 0) is 16.8 Å². The molecule has 1 amide bonds. The van der Waals surface area contributed by atoms with E-state index in [0.29, 0.717) is 6.54 Å². The second-order valence-corrected chi connectivity index (χ2v) is 6.58. The molecule has 0 radical (unpaired) electrons. The van der Waals surface area contributed by atoms with E-state index in [9.17, 15) is 4.79 Å². The van der Waals surface area contributed by atoms with Gasteiger partial charge in [-0.25, -0.2) is 4.79 Å². The van der Waals surface area contributed by atoms with Crippen molar-refractivity contribution in [3.8, 4) is 0 Å². The van der Waals surface area contributed by atoms with E-state index < -0.39 is 6.09 Å². The van der Waals surface area contributed by atoms with E-state index in [-0.39, 0.29) is 12.0 Å². The van der Waals surface area contributed by atoms with Crippen LogP contribution in [0.5, 0.6) is 0 Å². The van der Waals surface area contributed by atoms with Gasteiger partial charge < -0.3 is 10.1 Å². The normalized spacial score (nSPS) is 11.0. The maximum atomic E-state index is 11.8. The van der Waals surface area contributed by atoms with Gasteiger partial charge in [-0.2, -0.15) is 0 Å². The predicted molar refractivity (Wildman–Crippen MR) is 89.6 cm³/mol. The Morgan fingerprint density at radius 2 is 1.95 bits per heavy atom. The Bertz CT molecular complexity index is 612. The van der Waals surface area contributed by atoms with E-state index in [1.54, 1.807) is 6.20 Å². The molecule has 1 aromatic heterocycles. The van der Waals surface area contributed by atoms with E-state index in [1.165, 1.54) is 0 Å². The van der Waals surface area contributed by atoms with Crippen LogP contribution >= 0.6 is 15.9 Å². The van der Waals surface area contributed by atoms with Gasteiger partial charge in [0.05, 0.1) is 0 Å². The minimum absolute atomic E-state index is 0.267. The van der Waals surface area contributed by atoms with Crippen LogP contribution in [0, 0.1) is 0 Å². The first-order valence-corrected chi connectivity index (χ1v) is 7.83. The number of carbonyl (C=O) groups excluding carboxylic acids is 1. The highest BCUT2D eigenvalue weighted by Gasteiger charge is 2.23. The molecular formula is C17H19BrN2O2. The third-order valence-corrected chi connectivity index (χ3v) is 3.78. The molecule has 0 spiro atoms. The number of nitrogens with zero attached hydrogens (tertiary/aromatic N) is 1. The quantitative estimate of drug-likeness (QED) is 0.872. The fourth-order valence-electron chi connectivity index (χ4n) is 1.93.